The first-order valence-electron chi connectivity index (χ1n) is 10.4. The lowest BCUT2D eigenvalue weighted by Gasteiger charge is -2.13. The van der Waals surface area contributed by atoms with Gasteiger partial charge in [0.05, 0.1) is 17.5 Å². The van der Waals surface area contributed by atoms with E-state index in [0.29, 0.717) is 33.4 Å². The molecule has 0 unspecified atom stereocenters. The molecule has 0 saturated carbocycles. The lowest BCUT2D eigenvalue weighted by atomic mass is 10.2. The minimum Gasteiger partial charge on any atom is -0.376 e. The predicted molar refractivity (Wildman–Crippen MR) is 127 cm³/mol. The monoisotopic (exact) mass is 468 g/mol. The van der Waals surface area contributed by atoms with Gasteiger partial charge in [-0.1, -0.05) is 41.6 Å². The Morgan fingerprint density at radius 3 is 2.84 bits per heavy atom. The molecule has 2 N–H and O–H groups in total. The van der Waals surface area contributed by atoms with Crippen LogP contribution in [0.4, 0.5) is 0 Å². The summed E-state index contributed by atoms with van der Waals surface area (Å²) >= 11 is 7.27. The van der Waals surface area contributed by atoms with E-state index in [2.05, 4.69) is 10.3 Å². The topological polar surface area (TPSA) is 89.0 Å². The molecule has 2 aromatic carbocycles. The zero-order valence-corrected chi connectivity index (χ0v) is 18.7. The van der Waals surface area contributed by atoms with Crippen LogP contribution in [-0.4, -0.2) is 45.5 Å². The molecule has 32 heavy (non-hydrogen) atoms. The van der Waals surface area contributed by atoms with Gasteiger partial charge >= 0.3 is 0 Å². The van der Waals surface area contributed by atoms with Crippen LogP contribution in [-0.2, 0) is 9.53 Å². The highest BCUT2D eigenvalue weighted by Gasteiger charge is 2.19. The van der Waals surface area contributed by atoms with Gasteiger partial charge in [-0.2, -0.15) is 0 Å². The second-order valence-corrected chi connectivity index (χ2v) is 9.01. The van der Waals surface area contributed by atoms with E-state index in [0.717, 1.165) is 30.4 Å². The summed E-state index contributed by atoms with van der Waals surface area (Å²) in [5, 5.41) is 4.80. The Hall–Kier alpha value is -2.81. The summed E-state index contributed by atoms with van der Waals surface area (Å²) in [4.78, 5) is 33.9. The van der Waals surface area contributed by atoms with Crippen molar-refractivity contribution in [2.75, 3.05) is 18.9 Å². The molecule has 1 amide bonds. The zero-order chi connectivity index (χ0) is 22.1. The number of para-hydroxylation sites is 1. The van der Waals surface area contributed by atoms with Crippen molar-refractivity contribution in [2.45, 2.75) is 24.1 Å². The predicted octanol–water partition coefficient (Wildman–Crippen LogP) is 3.91. The van der Waals surface area contributed by atoms with Crippen LogP contribution in [0.15, 0.2) is 58.5 Å². The largest absolute Gasteiger partial charge is 0.376 e. The summed E-state index contributed by atoms with van der Waals surface area (Å²) in [6.07, 6.45) is 2.07. The molecule has 3 heterocycles. The Morgan fingerprint density at radius 1 is 1.25 bits per heavy atom. The first kappa shape index (κ1) is 21.1. The first-order chi connectivity index (χ1) is 15.6. The van der Waals surface area contributed by atoms with E-state index in [1.54, 1.807) is 24.3 Å². The quantitative estimate of drug-likeness (QED) is 0.331. The Kier molecular flexibility index (Phi) is 5.91. The number of halogens is 1. The molecule has 2 aromatic heterocycles. The van der Waals surface area contributed by atoms with E-state index in [4.69, 9.17) is 21.3 Å². The third-order valence-electron chi connectivity index (χ3n) is 5.46. The summed E-state index contributed by atoms with van der Waals surface area (Å²) in [7, 11) is 0. The Labute approximate surface area is 193 Å². The van der Waals surface area contributed by atoms with Crippen LogP contribution in [0, 0.1) is 0 Å². The third kappa shape index (κ3) is 4.13. The summed E-state index contributed by atoms with van der Waals surface area (Å²) in [5.41, 5.74) is 2.27. The molecule has 7 nitrogen and oxygen atoms in total. The number of aromatic amines is 1. The Bertz CT molecular complexity index is 1340. The van der Waals surface area contributed by atoms with Gasteiger partial charge < -0.3 is 15.0 Å². The zero-order valence-electron chi connectivity index (χ0n) is 17.1. The first-order valence-corrected chi connectivity index (χ1v) is 11.8. The van der Waals surface area contributed by atoms with Crippen molar-refractivity contribution in [3.8, 4) is 5.69 Å². The summed E-state index contributed by atoms with van der Waals surface area (Å²) < 4.78 is 7.07. The van der Waals surface area contributed by atoms with Crippen LogP contribution < -0.4 is 10.9 Å². The van der Waals surface area contributed by atoms with E-state index in [9.17, 15) is 9.59 Å². The van der Waals surface area contributed by atoms with Crippen molar-refractivity contribution in [1.82, 2.24) is 19.9 Å². The average molecular weight is 469 g/mol. The second-order valence-electron chi connectivity index (χ2n) is 7.63. The van der Waals surface area contributed by atoms with Crippen molar-refractivity contribution in [3.05, 3.63) is 63.9 Å². The van der Waals surface area contributed by atoms with Crippen LogP contribution in [0.2, 0.25) is 5.02 Å². The molecule has 1 fully saturated rings. The number of aromatic nitrogens is 3. The van der Waals surface area contributed by atoms with Gasteiger partial charge in [0.2, 0.25) is 5.91 Å². The van der Waals surface area contributed by atoms with Crippen molar-refractivity contribution in [3.63, 3.8) is 0 Å². The smallest absolute Gasteiger partial charge is 0.283 e. The fraction of sp³-hybridized carbons (Fsp3) is 0.261. The number of rotatable bonds is 6. The lowest BCUT2D eigenvalue weighted by molar-refractivity contribution is -0.119. The van der Waals surface area contributed by atoms with Crippen molar-refractivity contribution in [1.29, 1.82) is 0 Å². The molecule has 0 spiro atoms. The Balaban J connectivity index is 1.50. The SMILES string of the molecule is O=C(CSc1nc2c([nH]c3ccccc32)c(=O)n1-c1ccc(Cl)cc1)NC[C@@H]1CCCO1. The van der Waals surface area contributed by atoms with Gasteiger partial charge in [0.25, 0.3) is 5.56 Å². The maximum Gasteiger partial charge on any atom is 0.283 e. The van der Waals surface area contributed by atoms with E-state index in [-0.39, 0.29) is 23.3 Å². The van der Waals surface area contributed by atoms with Crippen molar-refractivity contribution in [2.24, 2.45) is 0 Å². The molecule has 9 heteroatoms. The number of nitrogens with zero attached hydrogens (tertiary/aromatic N) is 2. The fourth-order valence-corrected chi connectivity index (χ4v) is 4.83. The van der Waals surface area contributed by atoms with Crippen molar-refractivity contribution >= 4 is 51.2 Å². The van der Waals surface area contributed by atoms with E-state index < -0.39 is 0 Å². The number of hydrogen-bond donors (Lipinski definition) is 2. The molecule has 1 aliphatic rings. The Morgan fingerprint density at radius 2 is 2.06 bits per heavy atom. The minimum absolute atomic E-state index is 0.0805. The molecule has 1 atom stereocenters. The van der Waals surface area contributed by atoms with Gasteiger partial charge in [0.15, 0.2) is 5.16 Å². The van der Waals surface area contributed by atoms with Crippen LogP contribution >= 0.6 is 23.4 Å². The molecular weight excluding hydrogens is 448 g/mol. The van der Waals surface area contributed by atoms with Crippen LogP contribution in [0.5, 0.6) is 0 Å². The fourth-order valence-electron chi connectivity index (χ4n) is 3.87. The molecule has 4 aromatic rings. The summed E-state index contributed by atoms with van der Waals surface area (Å²) in [5.74, 6) is 0.0158. The van der Waals surface area contributed by atoms with Gasteiger partial charge in [0.1, 0.15) is 11.0 Å². The van der Waals surface area contributed by atoms with Crippen LogP contribution in [0.3, 0.4) is 0 Å². The summed E-state index contributed by atoms with van der Waals surface area (Å²) in [6.45, 7) is 1.25. The molecule has 0 radical (unpaired) electrons. The van der Waals surface area contributed by atoms with Gasteiger partial charge in [-0.25, -0.2) is 4.98 Å². The average Bonchev–Trinajstić information content (AvgIpc) is 3.45. The molecule has 0 aliphatic carbocycles. The number of ether oxygens (including phenoxy) is 1. The minimum atomic E-state index is -0.226. The van der Waals surface area contributed by atoms with Gasteiger partial charge in [-0.3, -0.25) is 14.2 Å². The van der Waals surface area contributed by atoms with Gasteiger partial charge in [0, 0.05) is 29.1 Å². The molecule has 1 aliphatic heterocycles. The third-order valence-corrected chi connectivity index (χ3v) is 6.65. The second kappa shape index (κ2) is 8.97. The number of carbonyl (C=O) groups excluding carboxylic acids is 1. The number of fused-ring (bicyclic) bond motifs is 3. The highest BCUT2D eigenvalue weighted by molar-refractivity contribution is 7.99. The summed E-state index contributed by atoms with van der Waals surface area (Å²) in [6, 6.07) is 14.6. The number of benzene rings is 2. The lowest BCUT2D eigenvalue weighted by Crippen LogP contribution is -2.33. The van der Waals surface area contributed by atoms with E-state index >= 15 is 0 Å². The van der Waals surface area contributed by atoms with Gasteiger partial charge in [-0.05, 0) is 43.2 Å². The van der Waals surface area contributed by atoms with Crippen LogP contribution in [0.1, 0.15) is 12.8 Å². The maximum atomic E-state index is 13.5. The highest BCUT2D eigenvalue weighted by Crippen LogP contribution is 2.26. The molecule has 1 saturated heterocycles. The number of carbonyl (C=O) groups is 1. The number of amides is 1. The maximum absolute atomic E-state index is 13.5. The molecular formula is C23H21ClN4O3S. The normalized spacial score (nSPS) is 16.1. The highest BCUT2D eigenvalue weighted by atomic mass is 35.5. The standard InChI is InChI=1S/C23H21ClN4O3S/c24-14-7-9-15(10-8-14)28-22(30)21-20(17-5-1-2-6-18(17)26-21)27-23(28)32-13-19(29)25-12-16-4-3-11-31-16/h1-2,5-10,16,26H,3-4,11-13H2,(H,25,29)/t16-/m0/s1. The number of H-pyrrole nitrogens is 1. The van der Waals surface area contributed by atoms with Crippen molar-refractivity contribution < 1.29 is 9.53 Å². The molecule has 0 bridgehead atoms. The number of hydrogen-bond acceptors (Lipinski definition) is 5. The van der Waals surface area contributed by atoms with E-state index in [1.165, 1.54) is 16.3 Å². The van der Waals surface area contributed by atoms with E-state index in [1.807, 2.05) is 24.3 Å². The molecule has 5 rings (SSSR count). The van der Waals surface area contributed by atoms with Crippen LogP contribution in [0.25, 0.3) is 27.6 Å². The number of thioether (sulfide) groups is 1. The number of nitrogens with one attached hydrogen (secondary N) is 2. The molecule has 164 valence electrons. The van der Waals surface area contributed by atoms with Gasteiger partial charge in [-0.15, -0.1) is 0 Å².